The molecule has 0 radical (unpaired) electrons. The van der Waals surface area contributed by atoms with Crippen LogP contribution in [-0.2, 0) is 22.7 Å². The summed E-state index contributed by atoms with van der Waals surface area (Å²) in [5, 5.41) is 3.33. The van der Waals surface area contributed by atoms with Crippen LogP contribution in [0.15, 0.2) is 46.0 Å². The van der Waals surface area contributed by atoms with Gasteiger partial charge in [-0.3, -0.25) is 23.5 Å². The summed E-state index contributed by atoms with van der Waals surface area (Å²) in [6.07, 6.45) is 5.80. The zero-order valence-electron chi connectivity index (χ0n) is 21.6. The molecule has 0 aliphatic heterocycles. The van der Waals surface area contributed by atoms with Crippen molar-refractivity contribution < 1.29 is 19.1 Å². The molecule has 1 heterocycles. The largest absolute Gasteiger partial charge is 0.495 e. The topological polar surface area (TPSA) is 109 Å². The van der Waals surface area contributed by atoms with E-state index in [9.17, 15) is 19.2 Å². The number of carbonyl (C=O) groups excluding carboxylic acids is 2. The number of carbonyl (C=O) groups is 2. The van der Waals surface area contributed by atoms with Crippen molar-refractivity contribution in [3.8, 4) is 11.5 Å². The number of ketones is 1. The zero-order valence-corrected chi connectivity index (χ0v) is 22.4. The number of nitrogens with one attached hydrogen (secondary N) is 1. The van der Waals surface area contributed by atoms with Crippen LogP contribution in [-0.4, -0.2) is 35.0 Å². The predicted molar refractivity (Wildman–Crippen MR) is 146 cm³/mol. The Morgan fingerprint density at radius 3 is 2.45 bits per heavy atom. The Hall–Kier alpha value is -3.59. The molecule has 4 rings (SSSR count). The first-order valence-corrected chi connectivity index (χ1v) is 13.2. The van der Waals surface area contributed by atoms with Crippen molar-refractivity contribution in [2.75, 3.05) is 19.5 Å². The molecule has 0 spiro atoms. The van der Waals surface area contributed by atoms with Crippen molar-refractivity contribution in [1.29, 1.82) is 0 Å². The average molecular weight is 542 g/mol. The maximum Gasteiger partial charge on any atom is 0.331 e. The first-order chi connectivity index (χ1) is 18.3. The molecule has 1 fully saturated rings. The molecule has 9 nitrogen and oxygen atoms in total. The van der Waals surface area contributed by atoms with Crippen LogP contribution in [0, 0.1) is 5.92 Å². The Labute approximate surface area is 225 Å². The highest BCUT2D eigenvalue weighted by molar-refractivity contribution is 6.32. The van der Waals surface area contributed by atoms with Crippen LogP contribution in [0.2, 0.25) is 5.02 Å². The lowest BCUT2D eigenvalue weighted by Gasteiger charge is -2.16. The van der Waals surface area contributed by atoms with Gasteiger partial charge >= 0.3 is 5.69 Å². The monoisotopic (exact) mass is 541 g/mol. The summed E-state index contributed by atoms with van der Waals surface area (Å²) in [6.45, 7) is -0.241. The van der Waals surface area contributed by atoms with E-state index in [-0.39, 0.29) is 23.9 Å². The molecule has 0 unspecified atom stereocenters. The maximum absolute atomic E-state index is 13.4. The number of methoxy groups -OCH3 is 2. The Morgan fingerprint density at radius 1 is 1.03 bits per heavy atom. The van der Waals surface area contributed by atoms with E-state index in [1.165, 1.54) is 37.7 Å². The van der Waals surface area contributed by atoms with Gasteiger partial charge in [0.15, 0.2) is 0 Å². The number of ether oxygens (including phenoxy) is 2. The van der Waals surface area contributed by atoms with E-state index >= 15 is 0 Å². The number of hydrogen-bond acceptors (Lipinski definition) is 6. The van der Waals surface area contributed by atoms with Crippen LogP contribution in [0.3, 0.4) is 0 Å². The van der Waals surface area contributed by atoms with E-state index in [4.69, 9.17) is 21.1 Å². The number of Topliss-reactive ketones (excluding diaryl/α,β-unsaturated/α-hetero) is 1. The van der Waals surface area contributed by atoms with Crippen LogP contribution >= 0.6 is 11.6 Å². The van der Waals surface area contributed by atoms with Crippen molar-refractivity contribution in [3.63, 3.8) is 0 Å². The van der Waals surface area contributed by atoms with Gasteiger partial charge in [0.1, 0.15) is 23.8 Å². The molecule has 2 aromatic carbocycles. The highest BCUT2D eigenvalue weighted by Crippen LogP contribution is 2.36. The molecule has 0 atom stereocenters. The number of hydrogen-bond donors (Lipinski definition) is 1. The van der Waals surface area contributed by atoms with Crippen molar-refractivity contribution in [3.05, 3.63) is 62.3 Å². The van der Waals surface area contributed by atoms with Crippen LogP contribution < -0.4 is 26.0 Å². The molecule has 3 aromatic rings. The normalized spacial score (nSPS) is 13.6. The Bertz CT molecular complexity index is 1460. The third kappa shape index (κ3) is 6.10. The van der Waals surface area contributed by atoms with Gasteiger partial charge in [-0.05, 0) is 30.5 Å². The summed E-state index contributed by atoms with van der Waals surface area (Å²) in [4.78, 5) is 52.0. The standard InChI is InChI=1S/C28H32ClN3O6/c1-37-24-16-25(38-2)22(15-21(24)29)30-26(34)17-32-23-12-6-5-11-20(23)27(35)31(28(32)36)13-7-10-19(33)14-18-8-3-4-9-18/h5-6,11-12,15-16,18H,3-4,7-10,13-14,17H2,1-2H3,(H,30,34). The minimum Gasteiger partial charge on any atom is -0.495 e. The number of anilines is 1. The fourth-order valence-electron chi connectivity index (χ4n) is 5.08. The Kier molecular flexibility index (Phi) is 8.89. The van der Waals surface area contributed by atoms with E-state index in [2.05, 4.69) is 5.32 Å². The summed E-state index contributed by atoms with van der Waals surface area (Å²) < 4.78 is 12.9. The number of amides is 1. The van der Waals surface area contributed by atoms with Gasteiger partial charge in [-0.2, -0.15) is 0 Å². The highest BCUT2D eigenvalue weighted by atomic mass is 35.5. The van der Waals surface area contributed by atoms with E-state index < -0.39 is 17.2 Å². The molecule has 0 saturated heterocycles. The van der Waals surface area contributed by atoms with Gasteiger partial charge in [-0.1, -0.05) is 49.4 Å². The molecule has 38 heavy (non-hydrogen) atoms. The van der Waals surface area contributed by atoms with E-state index in [1.807, 2.05) is 0 Å². The molecular formula is C28H32ClN3O6. The zero-order chi connectivity index (χ0) is 27.2. The fraction of sp³-hybridized carbons (Fsp3) is 0.429. The van der Waals surface area contributed by atoms with Crippen LogP contribution in [0.25, 0.3) is 10.9 Å². The van der Waals surface area contributed by atoms with Gasteiger partial charge in [0.25, 0.3) is 5.56 Å². The van der Waals surface area contributed by atoms with Crippen molar-refractivity contribution in [1.82, 2.24) is 9.13 Å². The fourth-order valence-corrected chi connectivity index (χ4v) is 5.33. The number of halogens is 1. The lowest BCUT2D eigenvalue weighted by atomic mass is 9.99. The molecule has 1 saturated carbocycles. The smallest absolute Gasteiger partial charge is 0.331 e. The predicted octanol–water partition coefficient (Wildman–Crippen LogP) is 4.40. The Morgan fingerprint density at radius 2 is 1.74 bits per heavy atom. The average Bonchev–Trinajstić information content (AvgIpc) is 3.41. The highest BCUT2D eigenvalue weighted by Gasteiger charge is 2.20. The second kappa shape index (κ2) is 12.3. The molecular weight excluding hydrogens is 510 g/mol. The minimum atomic E-state index is -0.605. The molecule has 1 N–H and O–H groups in total. The molecule has 202 valence electrons. The summed E-state index contributed by atoms with van der Waals surface area (Å²) in [5.41, 5.74) is -0.374. The molecule has 1 aliphatic rings. The van der Waals surface area contributed by atoms with Gasteiger partial charge in [-0.15, -0.1) is 0 Å². The molecule has 0 bridgehead atoms. The quantitative estimate of drug-likeness (QED) is 0.385. The van der Waals surface area contributed by atoms with Crippen LogP contribution in [0.4, 0.5) is 5.69 Å². The van der Waals surface area contributed by atoms with E-state index in [0.717, 1.165) is 17.4 Å². The molecule has 1 aliphatic carbocycles. The first kappa shape index (κ1) is 27.4. The third-order valence-electron chi connectivity index (χ3n) is 7.01. The lowest BCUT2D eigenvalue weighted by molar-refractivity contribution is -0.120. The SMILES string of the molecule is COc1cc(OC)c(NC(=O)Cn2c(=O)n(CCCC(=O)CC3CCCC3)c(=O)c3ccccc32)cc1Cl. The molecule has 10 heteroatoms. The maximum atomic E-state index is 13.4. The number of benzene rings is 2. The second-order valence-electron chi connectivity index (χ2n) is 9.57. The van der Waals surface area contributed by atoms with Crippen molar-refractivity contribution >= 4 is 39.9 Å². The summed E-state index contributed by atoms with van der Waals surface area (Å²) >= 11 is 6.21. The number of nitrogens with zero attached hydrogens (tertiary/aromatic N) is 2. The van der Waals surface area contributed by atoms with Gasteiger partial charge in [-0.25, -0.2) is 4.79 Å². The van der Waals surface area contributed by atoms with Crippen LogP contribution in [0.1, 0.15) is 44.9 Å². The minimum absolute atomic E-state index is 0.0996. The summed E-state index contributed by atoms with van der Waals surface area (Å²) in [6, 6.07) is 9.71. The van der Waals surface area contributed by atoms with E-state index in [0.29, 0.717) is 53.3 Å². The van der Waals surface area contributed by atoms with Gasteiger partial charge in [0.2, 0.25) is 5.91 Å². The Balaban J connectivity index is 1.55. The summed E-state index contributed by atoms with van der Waals surface area (Å²) in [5.74, 6) is 0.841. The summed E-state index contributed by atoms with van der Waals surface area (Å²) in [7, 11) is 2.92. The number of aromatic nitrogens is 2. The molecule has 1 amide bonds. The van der Waals surface area contributed by atoms with Gasteiger partial charge in [0, 0.05) is 25.5 Å². The van der Waals surface area contributed by atoms with Gasteiger partial charge < -0.3 is 14.8 Å². The van der Waals surface area contributed by atoms with Gasteiger partial charge in [0.05, 0.1) is 35.8 Å². The van der Waals surface area contributed by atoms with Crippen molar-refractivity contribution in [2.45, 2.75) is 58.0 Å². The number of para-hydroxylation sites is 1. The first-order valence-electron chi connectivity index (χ1n) is 12.8. The third-order valence-corrected chi connectivity index (χ3v) is 7.31. The number of rotatable bonds is 11. The van der Waals surface area contributed by atoms with Crippen LogP contribution in [0.5, 0.6) is 11.5 Å². The van der Waals surface area contributed by atoms with Crippen molar-refractivity contribution in [2.24, 2.45) is 5.92 Å². The van der Waals surface area contributed by atoms with E-state index in [1.54, 1.807) is 30.3 Å². The lowest BCUT2D eigenvalue weighted by Crippen LogP contribution is -2.41. The number of fused-ring (bicyclic) bond motifs is 1. The molecule has 1 aromatic heterocycles. The second-order valence-corrected chi connectivity index (χ2v) is 9.98.